The highest BCUT2D eigenvalue weighted by Gasteiger charge is 2.29. The molecule has 1 aliphatic heterocycles. The summed E-state index contributed by atoms with van der Waals surface area (Å²) in [6.45, 7) is 4.56. The van der Waals surface area contributed by atoms with E-state index < -0.39 is 0 Å². The zero-order valence-corrected chi connectivity index (χ0v) is 12.7. The average Bonchev–Trinajstić information content (AvgIpc) is 2.40. The molecule has 1 aromatic rings. The van der Waals surface area contributed by atoms with E-state index in [0.717, 1.165) is 18.6 Å². The quantitative estimate of drug-likeness (QED) is 0.911. The van der Waals surface area contributed by atoms with E-state index in [-0.39, 0.29) is 6.10 Å². The molecule has 100 valence electrons. The van der Waals surface area contributed by atoms with Gasteiger partial charge in [-0.3, -0.25) is 0 Å². The smallest absolute Gasteiger partial charge is 0.0670 e. The summed E-state index contributed by atoms with van der Waals surface area (Å²) in [5.74, 6) is 1.09. The Morgan fingerprint density at radius 1 is 1.22 bits per heavy atom. The molecule has 0 aliphatic carbocycles. The molecule has 1 aromatic carbocycles. The van der Waals surface area contributed by atoms with Crippen LogP contribution in [0.3, 0.4) is 0 Å². The number of rotatable bonds is 4. The van der Waals surface area contributed by atoms with Gasteiger partial charge >= 0.3 is 0 Å². The van der Waals surface area contributed by atoms with Gasteiger partial charge in [-0.15, -0.1) is 0 Å². The summed E-state index contributed by atoms with van der Waals surface area (Å²) in [6, 6.07) is 10.4. The van der Waals surface area contributed by atoms with Crippen LogP contribution in [-0.4, -0.2) is 32.7 Å². The van der Waals surface area contributed by atoms with Crippen molar-refractivity contribution < 1.29 is 5.11 Å². The second-order valence-corrected chi connectivity index (χ2v) is 8.04. The minimum atomic E-state index is -0.169. The minimum Gasteiger partial charge on any atom is -0.392 e. The highest BCUT2D eigenvalue weighted by Crippen LogP contribution is 2.37. The minimum absolute atomic E-state index is 0.169. The molecule has 4 atom stereocenters. The molecule has 1 N–H and O–H groups in total. The molecule has 2 rings (SSSR count). The van der Waals surface area contributed by atoms with Crippen molar-refractivity contribution in [2.75, 3.05) is 5.75 Å². The van der Waals surface area contributed by atoms with Crippen LogP contribution in [0.5, 0.6) is 0 Å². The molecular weight excluding hydrogens is 260 g/mol. The van der Waals surface area contributed by atoms with Crippen molar-refractivity contribution in [3.8, 4) is 0 Å². The Balaban J connectivity index is 1.80. The fourth-order valence-electron chi connectivity index (χ4n) is 2.15. The number of aliphatic hydroxyl groups excluding tert-OH is 1. The fraction of sp³-hybridized carbons (Fsp3) is 0.600. The highest BCUT2D eigenvalue weighted by atomic mass is 32.2. The number of aryl methyl sites for hydroxylation is 1. The van der Waals surface area contributed by atoms with Crippen LogP contribution in [0.1, 0.15) is 25.8 Å². The normalized spacial score (nSPS) is 30.1. The van der Waals surface area contributed by atoms with Crippen LogP contribution < -0.4 is 0 Å². The number of thioether (sulfide) groups is 2. The SMILES string of the molecule is CC1SCC(C(O)CCc2ccccc2)SC1C. The third-order valence-electron chi connectivity index (χ3n) is 3.57. The van der Waals surface area contributed by atoms with Gasteiger partial charge in [0.25, 0.3) is 0 Å². The van der Waals surface area contributed by atoms with E-state index in [9.17, 15) is 5.11 Å². The molecule has 3 heteroatoms. The van der Waals surface area contributed by atoms with Crippen LogP contribution in [0.2, 0.25) is 0 Å². The van der Waals surface area contributed by atoms with Crippen molar-refractivity contribution in [1.29, 1.82) is 0 Å². The van der Waals surface area contributed by atoms with Crippen molar-refractivity contribution in [3.05, 3.63) is 35.9 Å². The molecule has 1 saturated heterocycles. The Bertz CT molecular complexity index is 355. The lowest BCUT2D eigenvalue weighted by Crippen LogP contribution is -2.34. The molecular formula is C15H22OS2. The summed E-state index contributed by atoms with van der Waals surface area (Å²) in [4.78, 5) is 0. The molecule has 0 saturated carbocycles. The summed E-state index contributed by atoms with van der Waals surface area (Å²) in [6.07, 6.45) is 1.69. The van der Waals surface area contributed by atoms with Crippen molar-refractivity contribution in [1.82, 2.24) is 0 Å². The lowest BCUT2D eigenvalue weighted by molar-refractivity contribution is 0.167. The number of hydrogen-bond acceptors (Lipinski definition) is 3. The summed E-state index contributed by atoms with van der Waals surface area (Å²) < 4.78 is 0. The topological polar surface area (TPSA) is 20.2 Å². The lowest BCUT2D eigenvalue weighted by atomic mass is 10.1. The first kappa shape index (κ1) is 14.3. The van der Waals surface area contributed by atoms with Gasteiger partial charge in [0, 0.05) is 21.5 Å². The number of hydrogen-bond donors (Lipinski definition) is 1. The molecule has 0 spiro atoms. The molecule has 0 amide bonds. The highest BCUT2D eigenvalue weighted by molar-refractivity contribution is 8.07. The predicted molar refractivity (Wildman–Crippen MR) is 83.5 cm³/mol. The Morgan fingerprint density at radius 3 is 2.61 bits per heavy atom. The van der Waals surface area contributed by atoms with Gasteiger partial charge in [0.05, 0.1) is 6.10 Å². The molecule has 1 heterocycles. The van der Waals surface area contributed by atoms with E-state index >= 15 is 0 Å². The van der Waals surface area contributed by atoms with E-state index in [1.807, 2.05) is 29.6 Å². The van der Waals surface area contributed by atoms with Crippen molar-refractivity contribution in [2.24, 2.45) is 0 Å². The zero-order valence-electron chi connectivity index (χ0n) is 11.1. The molecule has 0 radical (unpaired) electrons. The molecule has 4 unspecified atom stereocenters. The molecule has 18 heavy (non-hydrogen) atoms. The van der Waals surface area contributed by atoms with Crippen LogP contribution in [0, 0.1) is 0 Å². The third kappa shape index (κ3) is 3.94. The van der Waals surface area contributed by atoms with Gasteiger partial charge in [0.15, 0.2) is 0 Å². The standard InChI is InChI=1S/C15H22OS2/c1-11-12(2)18-15(10-17-11)14(16)9-8-13-6-4-3-5-7-13/h3-7,11-12,14-16H,8-10H2,1-2H3. The predicted octanol–water partition coefficient (Wildman–Crippen LogP) is 3.61. The van der Waals surface area contributed by atoms with Gasteiger partial charge in [0.2, 0.25) is 0 Å². The Labute approximate surface area is 119 Å². The summed E-state index contributed by atoms with van der Waals surface area (Å²) >= 11 is 3.97. The first-order valence-corrected chi connectivity index (χ1v) is 8.65. The summed E-state index contributed by atoms with van der Waals surface area (Å²) in [5.41, 5.74) is 1.33. The second kappa shape index (κ2) is 6.88. The third-order valence-corrected chi connectivity index (χ3v) is 7.11. The Morgan fingerprint density at radius 2 is 1.94 bits per heavy atom. The van der Waals surface area contributed by atoms with Crippen LogP contribution in [0.25, 0.3) is 0 Å². The Kier molecular flexibility index (Phi) is 5.46. The van der Waals surface area contributed by atoms with Crippen molar-refractivity contribution in [2.45, 2.75) is 48.5 Å². The van der Waals surface area contributed by atoms with Gasteiger partial charge in [-0.05, 0) is 18.4 Å². The van der Waals surface area contributed by atoms with Crippen molar-refractivity contribution >= 4 is 23.5 Å². The van der Waals surface area contributed by atoms with Gasteiger partial charge in [0.1, 0.15) is 0 Å². The first-order chi connectivity index (χ1) is 8.66. The monoisotopic (exact) mass is 282 g/mol. The maximum Gasteiger partial charge on any atom is 0.0670 e. The largest absolute Gasteiger partial charge is 0.392 e. The zero-order chi connectivity index (χ0) is 13.0. The fourth-order valence-corrected chi connectivity index (χ4v) is 5.21. The maximum absolute atomic E-state index is 10.3. The van der Waals surface area contributed by atoms with E-state index in [0.29, 0.717) is 15.7 Å². The van der Waals surface area contributed by atoms with Gasteiger partial charge in [-0.2, -0.15) is 23.5 Å². The summed E-state index contributed by atoms with van der Waals surface area (Å²) in [5, 5.41) is 12.1. The lowest BCUT2D eigenvalue weighted by Gasteiger charge is -2.33. The van der Waals surface area contributed by atoms with E-state index in [2.05, 4.69) is 38.1 Å². The van der Waals surface area contributed by atoms with E-state index in [1.54, 1.807) is 0 Å². The van der Waals surface area contributed by atoms with Crippen LogP contribution >= 0.6 is 23.5 Å². The van der Waals surface area contributed by atoms with Gasteiger partial charge in [-0.25, -0.2) is 0 Å². The van der Waals surface area contributed by atoms with E-state index in [1.165, 1.54) is 5.56 Å². The first-order valence-electron chi connectivity index (χ1n) is 6.66. The Hall–Kier alpha value is -0.120. The van der Waals surface area contributed by atoms with Crippen molar-refractivity contribution in [3.63, 3.8) is 0 Å². The van der Waals surface area contributed by atoms with Crippen LogP contribution in [0.15, 0.2) is 30.3 Å². The van der Waals surface area contributed by atoms with Crippen LogP contribution in [-0.2, 0) is 6.42 Å². The van der Waals surface area contributed by atoms with Gasteiger partial charge < -0.3 is 5.11 Å². The number of aliphatic hydroxyl groups is 1. The number of benzene rings is 1. The maximum atomic E-state index is 10.3. The van der Waals surface area contributed by atoms with Crippen LogP contribution in [0.4, 0.5) is 0 Å². The second-order valence-electron chi connectivity index (χ2n) is 5.01. The summed E-state index contributed by atoms with van der Waals surface area (Å²) in [7, 11) is 0. The average molecular weight is 282 g/mol. The molecule has 1 nitrogen and oxygen atoms in total. The molecule has 1 aliphatic rings. The molecule has 0 bridgehead atoms. The van der Waals surface area contributed by atoms with Gasteiger partial charge in [-0.1, -0.05) is 44.2 Å². The van der Waals surface area contributed by atoms with E-state index in [4.69, 9.17) is 0 Å². The molecule has 1 fully saturated rings. The molecule has 0 aromatic heterocycles.